The maximum Gasteiger partial charge on any atom is 0.270 e. The lowest BCUT2D eigenvalue weighted by atomic mass is 10.1. The van der Waals surface area contributed by atoms with Crippen molar-refractivity contribution < 1.29 is 28.1 Å². The fraction of sp³-hybridized carbons (Fsp3) is 0.667. The first-order valence-electron chi connectivity index (χ1n) is 9.04. The molecule has 3 rings (SSSR count). The Hall–Kier alpha value is -1.97. The molecular formula is C18H26FN3O5. The zero-order valence-electron chi connectivity index (χ0n) is 15.7. The second kappa shape index (κ2) is 9.29. The highest BCUT2D eigenvalue weighted by atomic mass is 19.1. The van der Waals surface area contributed by atoms with Gasteiger partial charge in [0.1, 0.15) is 11.4 Å². The Morgan fingerprint density at radius 1 is 1.44 bits per heavy atom. The molecule has 0 aromatic carbocycles. The topological polar surface area (TPSA) is 82.2 Å². The Kier molecular flexibility index (Phi) is 6.81. The van der Waals surface area contributed by atoms with Crippen molar-refractivity contribution in [1.29, 1.82) is 0 Å². The van der Waals surface area contributed by atoms with Gasteiger partial charge in [-0.1, -0.05) is 0 Å². The number of halogens is 1. The van der Waals surface area contributed by atoms with Crippen LogP contribution in [-0.2, 0) is 14.2 Å². The SMILES string of the molecule is COC1CN(c2ccc(C(=O)NC(C)COCF)nc2OCC2COC2)C1. The number of aromatic nitrogens is 1. The molecule has 0 bridgehead atoms. The van der Waals surface area contributed by atoms with Crippen LogP contribution in [0.25, 0.3) is 0 Å². The number of amides is 1. The molecule has 0 saturated carbocycles. The molecule has 27 heavy (non-hydrogen) atoms. The fourth-order valence-corrected chi connectivity index (χ4v) is 2.83. The summed E-state index contributed by atoms with van der Waals surface area (Å²) in [5, 5.41) is 2.74. The van der Waals surface area contributed by atoms with E-state index in [2.05, 4.69) is 19.9 Å². The minimum atomic E-state index is -0.881. The lowest BCUT2D eigenvalue weighted by Crippen LogP contribution is -2.52. The monoisotopic (exact) mass is 383 g/mol. The van der Waals surface area contributed by atoms with E-state index in [9.17, 15) is 9.18 Å². The van der Waals surface area contributed by atoms with Crippen molar-refractivity contribution in [2.24, 2.45) is 5.92 Å². The standard InChI is InChI=1S/C18H26FN3O5/c1-12(7-26-11-19)20-17(23)15-3-4-16(22-5-14(6-22)24-2)18(21-15)27-10-13-8-25-9-13/h3-4,12-14H,5-11H2,1-2H3,(H,20,23). The van der Waals surface area contributed by atoms with E-state index in [1.165, 1.54) is 0 Å². The van der Waals surface area contributed by atoms with Gasteiger partial charge < -0.3 is 29.2 Å². The van der Waals surface area contributed by atoms with Crippen molar-refractivity contribution in [1.82, 2.24) is 10.3 Å². The van der Waals surface area contributed by atoms with E-state index >= 15 is 0 Å². The summed E-state index contributed by atoms with van der Waals surface area (Å²) < 4.78 is 33.1. The molecule has 2 aliphatic heterocycles. The average molecular weight is 383 g/mol. The maximum absolute atomic E-state index is 12.4. The molecule has 1 N–H and O–H groups in total. The summed E-state index contributed by atoms with van der Waals surface area (Å²) in [6.07, 6.45) is 0.192. The van der Waals surface area contributed by atoms with E-state index in [1.54, 1.807) is 20.1 Å². The number of pyridine rings is 1. The minimum Gasteiger partial charge on any atom is -0.476 e. The molecular weight excluding hydrogens is 357 g/mol. The lowest BCUT2D eigenvalue weighted by molar-refractivity contribution is -0.0514. The number of rotatable bonds is 10. The number of carbonyl (C=O) groups excluding carboxylic acids is 1. The largest absolute Gasteiger partial charge is 0.476 e. The smallest absolute Gasteiger partial charge is 0.270 e. The van der Waals surface area contributed by atoms with Gasteiger partial charge in [-0.2, -0.15) is 0 Å². The number of hydrogen-bond acceptors (Lipinski definition) is 7. The molecule has 0 spiro atoms. The van der Waals surface area contributed by atoms with E-state index in [4.69, 9.17) is 14.2 Å². The molecule has 2 fully saturated rings. The molecule has 3 heterocycles. The van der Waals surface area contributed by atoms with Crippen molar-refractivity contribution >= 4 is 11.6 Å². The quantitative estimate of drug-likeness (QED) is 0.646. The molecule has 9 heteroatoms. The number of ether oxygens (including phenoxy) is 4. The number of hydrogen-bond donors (Lipinski definition) is 1. The Morgan fingerprint density at radius 2 is 2.22 bits per heavy atom. The van der Waals surface area contributed by atoms with E-state index in [0.29, 0.717) is 31.6 Å². The summed E-state index contributed by atoms with van der Waals surface area (Å²) in [5.74, 6) is 0.418. The maximum atomic E-state index is 12.4. The molecule has 8 nitrogen and oxygen atoms in total. The third kappa shape index (κ3) is 5.06. The molecule has 0 radical (unpaired) electrons. The van der Waals surface area contributed by atoms with Crippen LogP contribution in [0.1, 0.15) is 17.4 Å². The van der Waals surface area contributed by atoms with Crippen LogP contribution >= 0.6 is 0 Å². The fourth-order valence-electron chi connectivity index (χ4n) is 2.83. The van der Waals surface area contributed by atoms with E-state index in [-0.39, 0.29) is 30.4 Å². The summed E-state index contributed by atoms with van der Waals surface area (Å²) in [7, 11) is 1.69. The van der Waals surface area contributed by atoms with Crippen LogP contribution in [0.15, 0.2) is 12.1 Å². The zero-order valence-corrected chi connectivity index (χ0v) is 15.7. The van der Waals surface area contributed by atoms with Gasteiger partial charge in [0, 0.05) is 32.2 Å². The predicted octanol–water partition coefficient (Wildman–Crippen LogP) is 1.00. The summed E-state index contributed by atoms with van der Waals surface area (Å²) in [4.78, 5) is 18.9. The number of nitrogens with zero attached hydrogens (tertiary/aromatic N) is 2. The highest BCUT2D eigenvalue weighted by Gasteiger charge is 2.30. The molecule has 1 amide bonds. The minimum absolute atomic E-state index is 0.0948. The lowest BCUT2D eigenvalue weighted by Gasteiger charge is -2.40. The average Bonchev–Trinajstić information content (AvgIpc) is 2.58. The number of alkyl halides is 1. The molecule has 2 aliphatic rings. The van der Waals surface area contributed by atoms with Crippen molar-refractivity contribution in [3.05, 3.63) is 17.8 Å². The van der Waals surface area contributed by atoms with Crippen LogP contribution < -0.4 is 15.0 Å². The van der Waals surface area contributed by atoms with Crippen molar-refractivity contribution in [2.45, 2.75) is 19.1 Å². The first-order valence-corrected chi connectivity index (χ1v) is 9.04. The highest BCUT2D eigenvalue weighted by molar-refractivity contribution is 5.93. The first-order chi connectivity index (χ1) is 13.1. The Balaban J connectivity index is 1.68. The van der Waals surface area contributed by atoms with Gasteiger partial charge in [0.25, 0.3) is 5.91 Å². The summed E-state index contributed by atoms with van der Waals surface area (Å²) in [6, 6.07) is 3.17. The first kappa shape index (κ1) is 19.8. The van der Waals surface area contributed by atoms with Crippen molar-refractivity contribution in [3.63, 3.8) is 0 Å². The molecule has 1 unspecified atom stereocenters. The highest BCUT2D eigenvalue weighted by Crippen LogP contribution is 2.31. The van der Waals surface area contributed by atoms with Gasteiger partial charge in [0.05, 0.1) is 32.5 Å². The van der Waals surface area contributed by atoms with Gasteiger partial charge in [-0.05, 0) is 19.1 Å². The van der Waals surface area contributed by atoms with Crippen LogP contribution in [0.5, 0.6) is 5.88 Å². The van der Waals surface area contributed by atoms with Crippen LogP contribution in [0.4, 0.5) is 10.1 Å². The van der Waals surface area contributed by atoms with Gasteiger partial charge >= 0.3 is 0 Å². The molecule has 1 aromatic heterocycles. The molecule has 2 saturated heterocycles. The summed E-state index contributed by atoms with van der Waals surface area (Å²) in [5.41, 5.74) is 1.09. The van der Waals surface area contributed by atoms with Gasteiger partial charge in [-0.25, -0.2) is 9.37 Å². The Labute approximate surface area is 157 Å². The number of carbonyl (C=O) groups is 1. The summed E-state index contributed by atoms with van der Waals surface area (Å²) >= 11 is 0. The van der Waals surface area contributed by atoms with Gasteiger partial charge in [0.15, 0.2) is 6.86 Å². The van der Waals surface area contributed by atoms with E-state index in [1.807, 2.05) is 6.07 Å². The van der Waals surface area contributed by atoms with Gasteiger partial charge in [-0.15, -0.1) is 0 Å². The van der Waals surface area contributed by atoms with E-state index in [0.717, 1.165) is 18.8 Å². The Bertz CT molecular complexity index is 637. The predicted molar refractivity (Wildman–Crippen MR) is 95.9 cm³/mol. The van der Waals surface area contributed by atoms with Crippen molar-refractivity contribution in [3.8, 4) is 5.88 Å². The number of anilines is 1. The van der Waals surface area contributed by atoms with E-state index < -0.39 is 6.86 Å². The van der Waals surface area contributed by atoms with Crippen molar-refractivity contribution in [2.75, 3.05) is 58.4 Å². The molecule has 1 atom stereocenters. The van der Waals surface area contributed by atoms with Gasteiger partial charge in [0.2, 0.25) is 5.88 Å². The molecule has 0 aliphatic carbocycles. The second-order valence-electron chi connectivity index (χ2n) is 6.85. The second-order valence-corrected chi connectivity index (χ2v) is 6.85. The van der Waals surface area contributed by atoms with Crippen LogP contribution in [-0.4, -0.2) is 76.5 Å². The number of nitrogens with one attached hydrogen (secondary N) is 1. The van der Waals surface area contributed by atoms with Gasteiger partial charge in [-0.3, -0.25) is 4.79 Å². The summed E-state index contributed by atoms with van der Waals surface area (Å²) in [6.45, 7) is 4.31. The molecule has 150 valence electrons. The number of methoxy groups -OCH3 is 1. The third-order valence-corrected chi connectivity index (χ3v) is 4.58. The van der Waals surface area contributed by atoms with Crippen LogP contribution in [0, 0.1) is 5.92 Å². The zero-order chi connectivity index (χ0) is 19.2. The normalized spacial score (nSPS) is 18.6. The van der Waals surface area contributed by atoms with Crippen LogP contribution in [0.2, 0.25) is 0 Å². The van der Waals surface area contributed by atoms with Crippen LogP contribution in [0.3, 0.4) is 0 Å². The molecule has 1 aromatic rings. The third-order valence-electron chi connectivity index (χ3n) is 4.58. The Morgan fingerprint density at radius 3 is 2.85 bits per heavy atom.